The number of rotatable bonds is 7. The van der Waals surface area contributed by atoms with Crippen molar-refractivity contribution in [2.24, 2.45) is 5.73 Å². The van der Waals surface area contributed by atoms with E-state index in [9.17, 15) is 9.59 Å². The van der Waals surface area contributed by atoms with Gasteiger partial charge in [0.25, 0.3) is 5.91 Å². The molecule has 0 aliphatic rings. The Labute approximate surface area is 177 Å². The molecule has 0 unspecified atom stereocenters. The molecule has 0 saturated carbocycles. The summed E-state index contributed by atoms with van der Waals surface area (Å²) in [5.74, 6) is 0.690. The average molecular weight is 419 g/mol. The van der Waals surface area contributed by atoms with Crippen LogP contribution in [0.4, 0.5) is 0 Å². The minimum absolute atomic E-state index is 0.0758. The molecule has 2 heterocycles. The Kier molecular flexibility index (Phi) is 5.40. The zero-order chi connectivity index (χ0) is 22.0. The quantitative estimate of drug-likeness (QED) is 0.474. The molecule has 0 aliphatic carbocycles. The number of hydrogen-bond donors (Lipinski definition) is 2. The summed E-state index contributed by atoms with van der Waals surface area (Å²) in [6.07, 6.45) is 0. The van der Waals surface area contributed by atoms with Gasteiger partial charge in [-0.1, -0.05) is 12.1 Å². The van der Waals surface area contributed by atoms with Gasteiger partial charge in [-0.05, 0) is 50.2 Å². The number of aromatic nitrogens is 4. The number of nitrogens with two attached hydrogens (primary N) is 1. The first-order valence-electron chi connectivity index (χ1n) is 9.81. The number of carbonyl (C=O) groups is 1. The molecule has 3 N–H and O–H groups in total. The Morgan fingerprint density at radius 3 is 2.42 bits per heavy atom. The first-order valence-corrected chi connectivity index (χ1v) is 9.81. The van der Waals surface area contributed by atoms with Gasteiger partial charge >= 0.3 is 5.69 Å². The number of aromatic amines is 1. The molecule has 2 aromatic carbocycles. The minimum atomic E-state index is -0.775. The molecule has 0 fully saturated rings. The highest BCUT2D eigenvalue weighted by Crippen LogP contribution is 2.29. The van der Waals surface area contributed by atoms with Crippen LogP contribution >= 0.6 is 0 Å². The number of imidazole rings is 1. The number of amides is 1. The van der Waals surface area contributed by atoms with Crippen LogP contribution < -0.4 is 20.9 Å². The van der Waals surface area contributed by atoms with Gasteiger partial charge in [-0.25, -0.2) is 19.3 Å². The van der Waals surface area contributed by atoms with E-state index < -0.39 is 11.6 Å². The number of primary amides is 1. The summed E-state index contributed by atoms with van der Waals surface area (Å²) in [6, 6.07) is 14.2. The fourth-order valence-electron chi connectivity index (χ4n) is 3.31. The predicted octanol–water partition coefficient (Wildman–Crippen LogP) is 2.67. The Morgan fingerprint density at radius 2 is 1.74 bits per heavy atom. The fraction of sp³-hybridized carbons (Fsp3) is 0.182. The van der Waals surface area contributed by atoms with E-state index in [1.165, 1.54) is 4.57 Å². The maximum absolute atomic E-state index is 12.8. The van der Waals surface area contributed by atoms with E-state index in [0.29, 0.717) is 36.0 Å². The van der Waals surface area contributed by atoms with E-state index in [1.807, 2.05) is 26.0 Å². The number of H-pyrrole nitrogens is 1. The smallest absolute Gasteiger partial charge is 0.332 e. The predicted molar refractivity (Wildman–Crippen MR) is 116 cm³/mol. The first kappa shape index (κ1) is 20.1. The Morgan fingerprint density at radius 1 is 1.03 bits per heavy atom. The molecule has 158 valence electrons. The second kappa shape index (κ2) is 8.31. The van der Waals surface area contributed by atoms with Crippen LogP contribution in [0.1, 0.15) is 24.3 Å². The van der Waals surface area contributed by atoms with Gasteiger partial charge in [0, 0.05) is 0 Å². The van der Waals surface area contributed by atoms with E-state index in [0.717, 1.165) is 0 Å². The van der Waals surface area contributed by atoms with Crippen molar-refractivity contribution in [3.63, 3.8) is 0 Å². The number of benzene rings is 2. The molecule has 4 rings (SSSR count). The lowest BCUT2D eigenvalue weighted by molar-refractivity contribution is 0.0997. The van der Waals surface area contributed by atoms with Crippen molar-refractivity contribution in [3.8, 4) is 28.6 Å². The highest BCUT2D eigenvalue weighted by atomic mass is 16.5. The van der Waals surface area contributed by atoms with E-state index in [4.69, 9.17) is 15.2 Å². The molecule has 0 aliphatic heterocycles. The lowest BCUT2D eigenvalue weighted by Gasteiger charge is -2.11. The number of carbonyl (C=O) groups excluding carboxylic acids is 1. The summed E-state index contributed by atoms with van der Waals surface area (Å²) in [6.45, 7) is 4.74. The summed E-state index contributed by atoms with van der Waals surface area (Å²) in [7, 11) is 0. The van der Waals surface area contributed by atoms with E-state index in [1.54, 1.807) is 36.4 Å². The van der Waals surface area contributed by atoms with Crippen LogP contribution in [0, 0.1) is 0 Å². The first-order chi connectivity index (χ1) is 15.0. The maximum atomic E-state index is 12.8. The van der Waals surface area contributed by atoms with E-state index in [2.05, 4.69) is 15.0 Å². The van der Waals surface area contributed by atoms with Gasteiger partial charge < -0.3 is 20.2 Å². The molecular weight excluding hydrogens is 398 g/mol. The van der Waals surface area contributed by atoms with Crippen molar-refractivity contribution >= 4 is 17.1 Å². The summed E-state index contributed by atoms with van der Waals surface area (Å²) in [5.41, 5.74) is 6.57. The lowest BCUT2D eigenvalue weighted by atomic mass is 10.1. The van der Waals surface area contributed by atoms with Gasteiger partial charge in [0.05, 0.1) is 24.5 Å². The Hall–Kier alpha value is -4.14. The zero-order valence-electron chi connectivity index (χ0n) is 17.1. The second-order valence-corrected chi connectivity index (χ2v) is 6.58. The highest BCUT2D eigenvalue weighted by molar-refractivity contribution is 6.02. The maximum Gasteiger partial charge on any atom is 0.332 e. The topological polar surface area (TPSA) is 125 Å². The monoisotopic (exact) mass is 419 g/mol. The van der Waals surface area contributed by atoms with Crippen LogP contribution in [-0.2, 0) is 0 Å². The standard InChI is InChI=1S/C22H21N5O4/c1-3-30-14-11-9-13(10-12-14)27-21-18(25-22(27)29)17(19(23)28)24-20(26-21)15-7-5-6-8-16(15)31-4-2/h5-12H,3-4H2,1-2H3,(H2,23,28)(H,25,29). The summed E-state index contributed by atoms with van der Waals surface area (Å²) < 4.78 is 12.5. The zero-order valence-corrected chi connectivity index (χ0v) is 17.1. The van der Waals surface area contributed by atoms with Crippen LogP contribution in [0.15, 0.2) is 53.3 Å². The normalized spacial score (nSPS) is 10.9. The minimum Gasteiger partial charge on any atom is -0.494 e. The largest absolute Gasteiger partial charge is 0.494 e. The SMILES string of the molecule is CCOc1ccc(-n2c(=O)[nH]c3c(C(N)=O)nc(-c4ccccc4OCC)nc32)cc1. The average Bonchev–Trinajstić information content (AvgIpc) is 3.10. The number of nitrogens with one attached hydrogen (secondary N) is 1. The van der Waals surface area contributed by atoms with Crippen LogP contribution in [-0.4, -0.2) is 38.6 Å². The number of fused-ring (bicyclic) bond motifs is 1. The summed E-state index contributed by atoms with van der Waals surface area (Å²) in [4.78, 5) is 36.5. The number of hydrogen-bond acceptors (Lipinski definition) is 6. The van der Waals surface area contributed by atoms with Gasteiger partial charge in [0.1, 0.15) is 17.0 Å². The third-order valence-electron chi connectivity index (χ3n) is 4.60. The fourth-order valence-corrected chi connectivity index (χ4v) is 3.31. The molecule has 9 heteroatoms. The molecule has 0 bridgehead atoms. The highest BCUT2D eigenvalue weighted by Gasteiger charge is 2.21. The van der Waals surface area contributed by atoms with Gasteiger partial charge in [0.2, 0.25) is 0 Å². The molecule has 31 heavy (non-hydrogen) atoms. The van der Waals surface area contributed by atoms with E-state index in [-0.39, 0.29) is 22.7 Å². The molecule has 0 spiro atoms. The summed E-state index contributed by atoms with van der Waals surface area (Å²) >= 11 is 0. The lowest BCUT2D eigenvalue weighted by Crippen LogP contribution is -2.15. The van der Waals surface area contributed by atoms with E-state index >= 15 is 0 Å². The van der Waals surface area contributed by atoms with Crippen molar-refractivity contribution in [1.82, 2.24) is 19.5 Å². The molecule has 9 nitrogen and oxygen atoms in total. The molecule has 2 aromatic heterocycles. The van der Waals surface area contributed by atoms with Crippen molar-refractivity contribution < 1.29 is 14.3 Å². The Balaban J connectivity index is 1.97. The molecule has 0 saturated heterocycles. The number of para-hydroxylation sites is 1. The molecular formula is C22H21N5O4. The summed E-state index contributed by atoms with van der Waals surface area (Å²) in [5, 5.41) is 0. The van der Waals surface area contributed by atoms with Gasteiger partial charge in [-0.15, -0.1) is 0 Å². The van der Waals surface area contributed by atoms with Crippen molar-refractivity contribution in [3.05, 3.63) is 64.7 Å². The number of ether oxygens (including phenoxy) is 2. The van der Waals surface area contributed by atoms with Crippen LogP contribution in [0.5, 0.6) is 11.5 Å². The van der Waals surface area contributed by atoms with Crippen molar-refractivity contribution in [2.45, 2.75) is 13.8 Å². The van der Waals surface area contributed by atoms with Crippen LogP contribution in [0.25, 0.3) is 28.2 Å². The molecule has 1 amide bonds. The van der Waals surface area contributed by atoms with Gasteiger partial charge in [0.15, 0.2) is 17.2 Å². The molecule has 0 radical (unpaired) electrons. The molecule has 0 atom stereocenters. The van der Waals surface area contributed by atoms with Crippen LogP contribution in [0.2, 0.25) is 0 Å². The third kappa shape index (κ3) is 3.73. The van der Waals surface area contributed by atoms with Crippen molar-refractivity contribution in [2.75, 3.05) is 13.2 Å². The van der Waals surface area contributed by atoms with Gasteiger partial charge in [-0.2, -0.15) is 0 Å². The molecule has 4 aromatic rings. The van der Waals surface area contributed by atoms with Crippen LogP contribution in [0.3, 0.4) is 0 Å². The third-order valence-corrected chi connectivity index (χ3v) is 4.60. The Bertz CT molecular complexity index is 1310. The second-order valence-electron chi connectivity index (χ2n) is 6.58. The van der Waals surface area contributed by atoms with Gasteiger partial charge in [-0.3, -0.25) is 4.79 Å². The van der Waals surface area contributed by atoms with Crippen molar-refractivity contribution in [1.29, 1.82) is 0 Å². The number of nitrogens with zero attached hydrogens (tertiary/aromatic N) is 3.